The molecule has 0 saturated carbocycles. The van der Waals surface area contributed by atoms with Crippen LogP contribution >= 0.6 is 0 Å². The zero-order valence-corrected chi connectivity index (χ0v) is 17.1. The molecular weight excluding hydrogens is 330 g/mol. The smallest absolute Gasteiger partial charge is 0.410 e. The summed E-state index contributed by atoms with van der Waals surface area (Å²) in [5, 5.41) is 3.09. The van der Waals surface area contributed by atoms with Crippen molar-refractivity contribution < 1.29 is 14.3 Å². The molecule has 0 aromatic carbocycles. The number of piperidine rings is 2. The Balaban J connectivity index is 1.61. The van der Waals surface area contributed by atoms with E-state index in [1.807, 2.05) is 20.8 Å². The van der Waals surface area contributed by atoms with E-state index in [0.29, 0.717) is 32.0 Å². The Labute approximate surface area is 158 Å². The average molecular weight is 368 g/mol. The molecule has 2 rings (SSSR count). The van der Waals surface area contributed by atoms with Crippen LogP contribution in [0.25, 0.3) is 0 Å². The fraction of sp³-hybridized carbons (Fsp3) is 0.900. The predicted octanol–water partition coefficient (Wildman–Crippen LogP) is 3.01. The highest BCUT2D eigenvalue weighted by atomic mass is 16.6. The van der Waals surface area contributed by atoms with E-state index in [-0.39, 0.29) is 17.9 Å². The normalized spacial score (nSPS) is 22.9. The molecule has 2 amide bonds. The number of hydrogen-bond donors (Lipinski definition) is 1. The van der Waals surface area contributed by atoms with Crippen LogP contribution in [0.2, 0.25) is 0 Å². The molecule has 0 aromatic heterocycles. The van der Waals surface area contributed by atoms with Crippen molar-refractivity contribution in [2.75, 3.05) is 32.7 Å². The Hall–Kier alpha value is -1.30. The summed E-state index contributed by atoms with van der Waals surface area (Å²) in [7, 11) is 0. The summed E-state index contributed by atoms with van der Waals surface area (Å²) in [6, 6.07) is 0.677. The zero-order valence-electron chi connectivity index (χ0n) is 17.1. The van der Waals surface area contributed by atoms with E-state index in [4.69, 9.17) is 4.74 Å². The van der Waals surface area contributed by atoms with E-state index >= 15 is 0 Å². The first-order valence-corrected chi connectivity index (χ1v) is 10.3. The van der Waals surface area contributed by atoms with E-state index in [0.717, 1.165) is 19.5 Å². The van der Waals surface area contributed by atoms with Gasteiger partial charge in [-0.25, -0.2) is 4.79 Å². The topological polar surface area (TPSA) is 61.9 Å². The monoisotopic (exact) mass is 367 g/mol. The largest absolute Gasteiger partial charge is 0.444 e. The second kappa shape index (κ2) is 9.58. The molecule has 2 fully saturated rings. The van der Waals surface area contributed by atoms with Gasteiger partial charge in [0.15, 0.2) is 0 Å². The van der Waals surface area contributed by atoms with Gasteiger partial charge >= 0.3 is 6.09 Å². The molecule has 0 aliphatic carbocycles. The minimum Gasteiger partial charge on any atom is -0.444 e. The van der Waals surface area contributed by atoms with Crippen LogP contribution < -0.4 is 5.32 Å². The number of carbonyl (C=O) groups is 2. The molecule has 2 saturated heterocycles. The van der Waals surface area contributed by atoms with Crippen LogP contribution in [-0.2, 0) is 9.53 Å². The summed E-state index contributed by atoms with van der Waals surface area (Å²) in [6.07, 6.45) is 6.10. The van der Waals surface area contributed by atoms with E-state index < -0.39 is 5.60 Å². The Morgan fingerprint density at radius 3 is 2.38 bits per heavy atom. The van der Waals surface area contributed by atoms with Crippen molar-refractivity contribution in [1.82, 2.24) is 15.1 Å². The van der Waals surface area contributed by atoms with Gasteiger partial charge in [0.05, 0.1) is 0 Å². The minimum atomic E-state index is -0.475. The van der Waals surface area contributed by atoms with Crippen molar-refractivity contribution in [1.29, 1.82) is 0 Å². The lowest BCUT2D eigenvalue weighted by Crippen LogP contribution is -2.45. The predicted molar refractivity (Wildman–Crippen MR) is 103 cm³/mol. The molecule has 0 spiro atoms. The Morgan fingerprint density at radius 2 is 1.77 bits per heavy atom. The minimum absolute atomic E-state index is 0.0163. The molecular formula is C20H37N3O3. The van der Waals surface area contributed by atoms with Crippen molar-refractivity contribution in [3.63, 3.8) is 0 Å². The maximum atomic E-state index is 12.4. The third kappa shape index (κ3) is 6.78. The molecule has 1 atom stereocenters. The zero-order chi connectivity index (χ0) is 19.2. The molecule has 2 aliphatic rings. The van der Waals surface area contributed by atoms with Crippen molar-refractivity contribution in [2.24, 2.45) is 5.92 Å². The lowest BCUT2D eigenvalue weighted by atomic mass is 9.96. The van der Waals surface area contributed by atoms with Crippen LogP contribution in [0.15, 0.2) is 0 Å². The lowest BCUT2D eigenvalue weighted by molar-refractivity contribution is -0.126. The number of nitrogens with one attached hydrogen (secondary N) is 1. The lowest BCUT2D eigenvalue weighted by Gasteiger charge is -2.34. The highest BCUT2D eigenvalue weighted by molar-refractivity contribution is 5.79. The van der Waals surface area contributed by atoms with Gasteiger partial charge in [-0.3, -0.25) is 4.79 Å². The van der Waals surface area contributed by atoms with Gasteiger partial charge in [-0.2, -0.15) is 0 Å². The first kappa shape index (κ1) is 21.0. The molecule has 0 bridgehead atoms. The number of rotatable bonds is 5. The number of likely N-dealkylation sites (tertiary alicyclic amines) is 2. The number of carbonyl (C=O) groups excluding carboxylic acids is 2. The van der Waals surface area contributed by atoms with Gasteiger partial charge in [0.1, 0.15) is 5.60 Å². The number of hydrogen-bond acceptors (Lipinski definition) is 4. The van der Waals surface area contributed by atoms with Gasteiger partial charge in [0.2, 0.25) is 5.91 Å². The molecule has 1 N–H and O–H groups in total. The van der Waals surface area contributed by atoms with Gasteiger partial charge in [0.25, 0.3) is 0 Å². The van der Waals surface area contributed by atoms with Gasteiger partial charge < -0.3 is 19.9 Å². The molecule has 150 valence electrons. The van der Waals surface area contributed by atoms with E-state index in [1.54, 1.807) is 4.90 Å². The quantitative estimate of drug-likeness (QED) is 0.759. The van der Waals surface area contributed by atoms with Gasteiger partial charge in [-0.1, -0.05) is 6.42 Å². The number of ether oxygens (including phenoxy) is 1. The third-order valence-electron chi connectivity index (χ3n) is 5.38. The third-order valence-corrected chi connectivity index (χ3v) is 5.38. The summed E-state index contributed by atoms with van der Waals surface area (Å²) in [4.78, 5) is 28.7. The maximum absolute atomic E-state index is 12.4. The first-order valence-electron chi connectivity index (χ1n) is 10.3. The van der Waals surface area contributed by atoms with Gasteiger partial charge in [0, 0.05) is 38.1 Å². The maximum Gasteiger partial charge on any atom is 0.410 e. The van der Waals surface area contributed by atoms with E-state index in [9.17, 15) is 9.59 Å². The van der Waals surface area contributed by atoms with Crippen LogP contribution in [0.1, 0.15) is 66.2 Å². The first-order chi connectivity index (χ1) is 12.3. The number of nitrogens with zero attached hydrogens (tertiary/aromatic N) is 2. The summed E-state index contributed by atoms with van der Waals surface area (Å²) < 4.78 is 5.40. The molecule has 0 aromatic rings. The second-order valence-electron chi connectivity index (χ2n) is 8.77. The number of amides is 2. The molecule has 2 heterocycles. The Bertz CT molecular complexity index is 467. The van der Waals surface area contributed by atoms with Gasteiger partial charge in [-0.05, 0) is 66.3 Å². The summed E-state index contributed by atoms with van der Waals surface area (Å²) in [5.41, 5.74) is -0.475. The van der Waals surface area contributed by atoms with Crippen LogP contribution in [-0.4, -0.2) is 66.2 Å². The van der Waals surface area contributed by atoms with E-state index in [1.165, 1.54) is 25.8 Å². The Kier molecular flexibility index (Phi) is 7.74. The van der Waals surface area contributed by atoms with Crippen LogP contribution in [0.3, 0.4) is 0 Å². The summed E-state index contributed by atoms with van der Waals surface area (Å²) in [6.45, 7) is 12.1. The molecule has 2 aliphatic heterocycles. The molecule has 6 heteroatoms. The van der Waals surface area contributed by atoms with Crippen LogP contribution in [0.5, 0.6) is 0 Å². The summed E-state index contributed by atoms with van der Waals surface area (Å²) in [5.74, 6) is 0.156. The molecule has 0 radical (unpaired) electrons. The second-order valence-corrected chi connectivity index (χ2v) is 8.77. The molecule has 26 heavy (non-hydrogen) atoms. The SMILES string of the molecule is CC1CCCCN1CCCNC(=O)C1CCN(C(=O)OC(C)(C)C)CC1. The fourth-order valence-corrected chi connectivity index (χ4v) is 3.78. The van der Waals surface area contributed by atoms with Crippen molar-refractivity contribution in [2.45, 2.75) is 77.9 Å². The van der Waals surface area contributed by atoms with Crippen molar-refractivity contribution in [3.8, 4) is 0 Å². The van der Waals surface area contributed by atoms with Crippen LogP contribution in [0, 0.1) is 5.92 Å². The molecule has 6 nitrogen and oxygen atoms in total. The fourth-order valence-electron chi connectivity index (χ4n) is 3.78. The van der Waals surface area contributed by atoms with Crippen molar-refractivity contribution >= 4 is 12.0 Å². The highest BCUT2D eigenvalue weighted by Gasteiger charge is 2.29. The van der Waals surface area contributed by atoms with Crippen molar-refractivity contribution in [3.05, 3.63) is 0 Å². The standard InChI is InChI=1S/C20H37N3O3/c1-16-8-5-6-12-22(16)13-7-11-21-18(24)17-9-14-23(15-10-17)19(25)26-20(2,3)4/h16-17H,5-15H2,1-4H3,(H,21,24). The Morgan fingerprint density at radius 1 is 1.08 bits per heavy atom. The van der Waals surface area contributed by atoms with Gasteiger partial charge in [-0.15, -0.1) is 0 Å². The highest BCUT2D eigenvalue weighted by Crippen LogP contribution is 2.20. The average Bonchev–Trinajstić information content (AvgIpc) is 2.58. The van der Waals surface area contributed by atoms with E-state index in [2.05, 4.69) is 17.1 Å². The molecule has 1 unspecified atom stereocenters. The van der Waals surface area contributed by atoms with Crippen LogP contribution in [0.4, 0.5) is 4.79 Å². The summed E-state index contributed by atoms with van der Waals surface area (Å²) >= 11 is 0.